The number of para-hydroxylation sites is 1. The van der Waals surface area contributed by atoms with Gasteiger partial charge in [-0.15, -0.1) is 0 Å². The second-order valence-corrected chi connectivity index (χ2v) is 7.57. The van der Waals surface area contributed by atoms with E-state index in [9.17, 15) is 23.2 Å². The van der Waals surface area contributed by atoms with Gasteiger partial charge in [0.2, 0.25) is 0 Å². The van der Waals surface area contributed by atoms with Gasteiger partial charge in [-0.1, -0.05) is 12.1 Å². The number of urea groups is 2. The van der Waals surface area contributed by atoms with Gasteiger partial charge in [-0.25, -0.2) is 23.2 Å². The minimum Gasteiger partial charge on any atom is -0.462 e. The summed E-state index contributed by atoms with van der Waals surface area (Å²) in [5, 5.41) is 7.84. The summed E-state index contributed by atoms with van der Waals surface area (Å²) in [7, 11) is 0. The zero-order valence-corrected chi connectivity index (χ0v) is 19.6. The molecular formula is C26H26F2N4O4. The molecule has 3 rings (SSSR count). The Morgan fingerprint density at radius 2 is 1.58 bits per heavy atom. The van der Waals surface area contributed by atoms with E-state index >= 15 is 0 Å². The van der Waals surface area contributed by atoms with Gasteiger partial charge in [0.1, 0.15) is 11.6 Å². The summed E-state index contributed by atoms with van der Waals surface area (Å²) >= 11 is 0. The van der Waals surface area contributed by atoms with E-state index < -0.39 is 29.7 Å². The molecule has 0 bridgehead atoms. The van der Waals surface area contributed by atoms with Crippen LogP contribution < -0.4 is 20.9 Å². The SMILES string of the molecule is CCOC(=O)c1ccc(NC(=O)NCCCN(C(=O)Nc2ccccc2F)c2ccc(F)cc2)cc1. The van der Waals surface area contributed by atoms with E-state index in [0.717, 1.165) is 0 Å². The van der Waals surface area contributed by atoms with E-state index in [1.165, 1.54) is 47.4 Å². The molecule has 0 radical (unpaired) electrons. The Labute approximate surface area is 207 Å². The van der Waals surface area contributed by atoms with Crippen molar-refractivity contribution < 1.29 is 27.9 Å². The maximum Gasteiger partial charge on any atom is 0.338 e. The van der Waals surface area contributed by atoms with Gasteiger partial charge in [0, 0.05) is 24.5 Å². The zero-order chi connectivity index (χ0) is 25.9. The number of amides is 4. The molecule has 0 fully saturated rings. The molecule has 0 aromatic heterocycles. The molecule has 0 aliphatic carbocycles. The molecule has 0 spiro atoms. The van der Waals surface area contributed by atoms with Crippen LogP contribution in [0.1, 0.15) is 23.7 Å². The number of nitrogens with zero attached hydrogens (tertiary/aromatic N) is 1. The molecule has 188 valence electrons. The Morgan fingerprint density at radius 3 is 2.25 bits per heavy atom. The van der Waals surface area contributed by atoms with E-state index in [0.29, 0.717) is 23.4 Å². The summed E-state index contributed by atoms with van der Waals surface area (Å²) in [4.78, 5) is 38.1. The van der Waals surface area contributed by atoms with Crippen molar-refractivity contribution >= 4 is 35.1 Å². The molecule has 0 saturated carbocycles. The topological polar surface area (TPSA) is 99.8 Å². The summed E-state index contributed by atoms with van der Waals surface area (Å²) in [5.74, 6) is -1.49. The molecule has 4 amide bonds. The molecule has 3 aromatic rings. The quantitative estimate of drug-likeness (QED) is 0.273. The van der Waals surface area contributed by atoms with Gasteiger partial charge in [-0.3, -0.25) is 4.90 Å². The molecule has 3 aromatic carbocycles. The van der Waals surface area contributed by atoms with Gasteiger partial charge < -0.3 is 20.7 Å². The first kappa shape index (κ1) is 26.1. The molecule has 36 heavy (non-hydrogen) atoms. The Bertz CT molecular complexity index is 1190. The van der Waals surface area contributed by atoms with Crippen LogP contribution >= 0.6 is 0 Å². The minimum atomic E-state index is -0.599. The number of ether oxygens (including phenoxy) is 1. The summed E-state index contributed by atoms with van der Waals surface area (Å²) < 4.78 is 32.3. The maximum atomic E-state index is 14.0. The number of esters is 1. The fourth-order valence-electron chi connectivity index (χ4n) is 3.23. The molecule has 0 heterocycles. The van der Waals surface area contributed by atoms with Crippen molar-refractivity contribution in [3.63, 3.8) is 0 Å². The predicted molar refractivity (Wildman–Crippen MR) is 133 cm³/mol. The van der Waals surface area contributed by atoms with Crippen LogP contribution in [0.4, 0.5) is 35.4 Å². The Balaban J connectivity index is 1.54. The highest BCUT2D eigenvalue weighted by Crippen LogP contribution is 2.19. The Morgan fingerprint density at radius 1 is 0.889 bits per heavy atom. The first-order chi connectivity index (χ1) is 17.4. The van der Waals surface area contributed by atoms with Crippen molar-refractivity contribution in [2.24, 2.45) is 0 Å². The smallest absolute Gasteiger partial charge is 0.338 e. The third kappa shape index (κ3) is 7.52. The molecule has 0 aliphatic heterocycles. The number of rotatable bonds is 9. The van der Waals surface area contributed by atoms with Crippen LogP contribution in [0.25, 0.3) is 0 Å². The molecule has 0 unspecified atom stereocenters. The lowest BCUT2D eigenvalue weighted by molar-refractivity contribution is 0.0526. The van der Waals surface area contributed by atoms with Crippen molar-refractivity contribution in [3.8, 4) is 0 Å². The van der Waals surface area contributed by atoms with Gasteiger partial charge in [-0.2, -0.15) is 0 Å². The average Bonchev–Trinajstić information content (AvgIpc) is 2.87. The van der Waals surface area contributed by atoms with Crippen LogP contribution in [0, 0.1) is 11.6 Å². The monoisotopic (exact) mass is 496 g/mol. The lowest BCUT2D eigenvalue weighted by Gasteiger charge is -2.23. The number of carbonyl (C=O) groups excluding carboxylic acids is 3. The van der Waals surface area contributed by atoms with Gasteiger partial charge in [-0.05, 0) is 74.0 Å². The summed E-state index contributed by atoms with van der Waals surface area (Å²) in [6.45, 7) is 2.37. The number of benzene rings is 3. The average molecular weight is 497 g/mol. The zero-order valence-electron chi connectivity index (χ0n) is 19.6. The van der Waals surface area contributed by atoms with Crippen LogP contribution in [0.3, 0.4) is 0 Å². The fourth-order valence-corrected chi connectivity index (χ4v) is 3.23. The Hall–Kier alpha value is -4.47. The van der Waals surface area contributed by atoms with E-state index in [2.05, 4.69) is 16.0 Å². The van der Waals surface area contributed by atoms with E-state index in [1.807, 2.05) is 0 Å². The minimum absolute atomic E-state index is 0.0149. The normalized spacial score (nSPS) is 10.3. The number of hydrogen-bond donors (Lipinski definition) is 3. The van der Waals surface area contributed by atoms with Crippen molar-refractivity contribution in [2.45, 2.75) is 13.3 Å². The number of nitrogens with one attached hydrogen (secondary N) is 3. The summed E-state index contributed by atoms with van der Waals surface area (Å²) in [5.41, 5.74) is 1.28. The number of anilines is 3. The second kappa shape index (κ2) is 12.8. The van der Waals surface area contributed by atoms with Crippen molar-refractivity contribution in [2.75, 3.05) is 35.2 Å². The van der Waals surface area contributed by atoms with Crippen molar-refractivity contribution in [1.29, 1.82) is 0 Å². The molecular weight excluding hydrogens is 470 g/mol. The van der Waals surface area contributed by atoms with Crippen LogP contribution in [0.15, 0.2) is 72.8 Å². The van der Waals surface area contributed by atoms with E-state index in [4.69, 9.17) is 4.74 Å². The number of hydrogen-bond acceptors (Lipinski definition) is 4. The van der Waals surface area contributed by atoms with Crippen LogP contribution in [0.5, 0.6) is 0 Å². The first-order valence-corrected chi connectivity index (χ1v) is 11.3. The highest BCUT2D eigenvalue weighted by Gasteiger charge is 2.17. The van der Waals surface area contributed by atoms with Crippen LogP contribution in [-0.4, -0.2) is 37.7 Å². The van der Waals surface area contributed by atoms with E-state index in [-0.39, 0.29) is 25.4 Å². The van der Waals surface area contributed by atoms with Crippen molar-refractivity contribution in [3.05, 3.63) is 90.0 Å². The standard InChI is InChI=1S/C26H26F2N4O4/c1-2-36-24(33)18-8-12-20(13-9-18)30-25(34)29-16-5-17-32(21-14-10-19(27)11-15-21)26(35)31-23-7-4-3-6-22(23)28/h3-4,6-15H,2,5,16-17H2,1H3,(H,31,35)(H2,29,30,34). The third-order valence-electron chi connectivity index (χ3n) is 5.00. The van der Waals surface area contributed by atoms with Gasteiger partial charge in [0.15, 0.2) is 0 Å². The third-order valence-corrected chi connectivity index (χ3v) is 5.00. The lowest BCUT2D eigenvalue weighted by Crippen LogP contribution is -2.38. The molecule has 3 N–H and O–H groups in total. The predicted octanol–water partition coefficient (Wildman–Crippen LogP) is 5.39. The Kier molecular flexibility index (Phi) is 9.33. The van der Waals surface area contributed by atoms with Gasteiger partial charge in [0.05, 0.1) is 17.9 Å². The van der Waals surface area contributed by atoms with Crippen molar-refractivity contribution in [1.82, 2.24) is 5.32 Å². The molecule has 8 nitrogen and oxygen atoms in total. The lowest BCUT2D eigenvalue weighted by atomic mass is 10.2. The largest absolute Gasteiger partial charge is 0.462 e. The molecule has 0 aliphatic rings. The van der Waals surface area contributed by atoms with E-state index in [1.54, 1.807) is 37.3 Å². The maximum absolute atomic E-state index is 14.0. The highest BCUT2D eigenvalue weighted by atomic mass is 19.1. The van der Waals surface area contributed by atoms with Crippen LogP contribution in [0.2, 0.25) is 0 Å². The van der Waals surface area contributed by atoms with Gasteiger partial charge >= 0.3 is 18.0 Å². The first-order valence-electron chi connectivity index (χ1n) is 11.3. The van der Waals surface area contributed by atoms with Gasteiger partial charge in [0.25, 0.3) is 0 Å². The number of halogens is 2. The summed E-state index contributed by atoms with van der Waals surface area (Å²) in [6, 6.07) is 16.3. The highest BCUT2D eigenvalue weighted by molar-refractivity contribution is 6.01. The molecule has 0 atom stereocenters. The second-order valence-electron chi connectivity index (χ2n) is 7.57. The molecule has 10 heteroatoms. The van der Waals surface area contributed by atoms with Crippen LogP contribution in [-0.2, 0) is 4.74 Å². The summed E-state index contributed by atoms with van der Waals surface area (Å²) in [6.07, 6.45) is 0.358. The fraction of sp³-hybridized carbons (Fsp3) is 0.192. The molecule has 0 saturated heterocycles. The number of carbonyl (C=O) groups is 3.